The van der Waals surface area contributed by atoms with Crippen molar-refractivity contribution >= 4 is 28.4 Å². The maximum Gasteiger partial charge on any atom is 0.411 e. The predicted octanol–water partition coefficient (Wildman–Crippen LogP) is 2.94. The molecule has 0 radical (unpaired) electrons. The van der Waals surface area contributed by atoms with E-state index < -0.39 is 12.8 Å². The van der Waals surface area contributed by atoms with Crippen LogP contribution < -0.4 is 5.32 Å². The summed E-state index contributed by atoms with van der Waals surface area (Å²) < 4.78 is 41.1. The molecule has 0 aliphatic carbocycles. The molecule has 1 rings (SSSR count). The highest BCUT2D eigenvalue weighted by Gasteiger charge is 2.27. The van der Waals surface area contributed by atoms with Crippen LogP contribution in [0.5, 0.6) is 0 Å². The number of hydrogen-bond donors (Lipinski definition) is 1. The van der Waals surface area contributed by atoms with Crippen molar-refractivity contribution in [1.82, 2.24) is 9.97 Å². The van der Waals surface area contributed by atoms with Crippen LogP contribution in [0.25, 0.3) is 0 Å². The van der Waals surface area contributed by atoms with Gasteiger partial charge in [-0.3, -0.25) is 0 Å². The number of anilines is 1. The van der Waals surface area contributed by atoms with E-state index in [4.69, 9.17) is 0 Å². The van der Waals surface area contributed by atoms with Crippen molar-refractivity contribution in [3.05, 3.63) is 15.1 Å². The summed E-state index contributed by atoms with van der Waals surface area (Å²) in [6, 6.07) is 0. The van der Waals surface area contributed by atoms with Crippen molar-refractivity contribution in [2.24, 2.45) is 0 Å². The molecule has 0 fully saturated rings. The smallest absolute Gasteiger partial charge is 0.372 e. The third kappa shape index (κ3) is 5.89. The van der Waals surface area contributed by atoms with Gasteiger partial charge < -0.3 is 10.1 Å². The first-order valence-corrected chi connectivity index (χ1v) is 6.82. The molecule has 1 aromatic rings. The van der Waals surface area contributed by atoms with Gasteiger partial charge in [-0.15, -0.1) is 0 Å². The van der Waals surface area contributed by atoms with Gasteiger partial charge in [0.2, 0.25) is 0 Å². The Labute approximate surface area is 123 Å². The third-order valence-electron chi connectivity index (χ3n) is 2.14. The van der Waals surface area contributed by atoms with E-state index in [2.05, 4.69) is 42.6 Å². The summed E-state index contributed by atoms with van der Waals surface area (Å²) in [5.74, 6) is 1.19. The lowest BCUT2D eigenvalue weighted by Crippen LogP contribution is -2.18. The van der Waals surface area contributed by atoms with Gasteiger partial charge in [-0.05, 0) is 36.4 Å². The lowest BCUT2D eigenvalue weighted by molar-refractivity contribution is -0.173. The Morgan fingerprint density at radius 3 is 2.58 bits per heavy atom. The van der Waals surface area contributed by atoms with Crippen molar-refractivity contribution in [3.63, 3.8) is 0 Å². The van der Waals surface area contributed by atoms with E-state index in [1.807, 2.05) is 13.8 Å². The van der Waals surface area contributed by atoms with Crippen LogP contribution in [-0.2, 0) is 11.2 Å². The van der Waals surface area contributed by atoms with Gasteiger partial charge in [0, 0.05) is 13.0 Å². The first-order chi connectivity index (χ1) is 8.83. The van der Waals surface area contributed by atoms with Crippen LogP contribution in [0.3, 0.4) is 0 Å². The summed E-state index contributed by atoms with van der Waals surface area (Å²) in [7, 11) is 0. The molecule has 1 aromatic heterocycles. The lowest BCUT2D eigenvalue weighted by atomic mass is 10.3. The topological polar surface area (TPSA) is 47.0 Å². The van der Waals surface area contributed by atoms with E-state index >= 15 is 0 Å². The third-order valence-corrected chi connectivity index (χ3v) is 3.43. The molecule has 108 valence electrons. The van der Waals surface area contributed by atoms with E-state index in [-0.39, 0.29) is 13.0 Å². The summed E-state index contributed by atoms with van der Waals surface area (Å²) in [5.41, 5.74) is 0.803. The normalized spacial score (nSPS) is 11.7. The molecule has 1 heterocycles. The zero-order valence-electron chi connectivity index (χ0n) is 10.6. The average Bonchev–Trinajstić information content (AvgIpc) is 2.30. The molecule has 0 aliphatic heterocycles. The van der Waals surface area contributed by atoms with E-state index in [9.17, 15) is 13.2 Å². The highest BCUT2D eigenvalue weighted by Crippen LogP contribution is 2.19. The van der Waals surface area contributed by atoms with Gasteiger partial charge in [-0.25, -0.2) is 9.97 Å². The van der Waals surface area contributed by atoms with Crippen LogP contribution in [0.15, 0.2) is 0 Å². The van der Waals surface area contributed by atoms with Crippen LogP contribution in [-0.4, -0.2) is 35.9 Å². The van der Waals surface area contributed by atoms with Crippen molar-refractivity contribution in [3.8, 4) is 0 Å². The largest absolute Gasteiger partial charge is 0.411 e. The number of alkyl halides is 3. The van der Waals surface area contributed by atoms with Gasteiger partial charge >= 0.3 is 6.18 Å². The molecule has 0 spiro atoms. The number of ether oxygens (including phenoxy) is 1. The standard InChI is InChI=1S/C11H15F3IN3O/c1-3-16-10-9(15)7(2)17-8(18-10)4-5-19-6-11(12,13)14/h3-6H2,1-2H3,(H,16,17,18). The second-order valence-corrected chi connectivity index (χ2v) is 4.91. The molecule has 0 saturated carbocycles. The average molecular weight is 389 g/mol. The van der Waals surface area contributed by atoms with E-state index in [1.165, 1.54) is 0 Å². The first-order valence-electron chi connectivity index (χ1n) is 5.75. The Hall–Kier alpha value is -0.640. The molecule has 19 heavy (non-hydrogen) atoms. The number of nitrogens with zero attached hydrogens (tertiary/aromatic N) is 2. The van der Waals surface area contributed by atoms with E-state index in [0.717, 1.165) is 15.8 Å². The molecular formula is C11H15F3IN3O. The zero-order valence-corrected chi connectivity index (χ0v) is 12.8. The highest BCUT2D eigenvalue weighted by molar-refractivity contribution is 14.1. The van der Waals surface area contributed by atoms with Crippen LogP contribution >= 0.6 is 22.6 Å². The molecular weight excluding hydrogens is 374 g/mol. The highest BCUT2D eigenvalue weighted by atomic mass is 127. The van der Waals surface area contributed by atoms with E-state index in [1.54, 1.807) is 0 Å². The van der Waals surface area contributed by atoms with Crippen molar-refractivity contribution < 1.29 is 17.9 Å². The molecule has 0 aromatic carbocycles. The summed E-state index contributed by atoms with van der Waals surface area (Å²) in [6.07, 6.45) is -4.04. The fourth-order valence-corrected chi connectivity index (χ4v) is 1.80. The summed E-state index contributed by atoms with van der Waals surface area (Å²) >= 11 is 2.13. The molecule has 1 N–H and O–H groups in total. The summed E-state index contributed by atoms with van der Waals surface area (Å²) in [6.45, 7) is 3.21. The minimum absolute atomic E-state index is 0.0505. The van der Waals surface area contributed by atoms with Crippen LogP contribution in [0.1, 0.15) is 18.4 Å². The second-order valence-electron chi connectivity index (χ2n) is 3.84. The van der Waals surface area contributed by atoms with Crippen molar-refractivity contribution in [2.75, 3.05) is 25.1 Å². The minimum Gasteiger partial charge on any atom is -0.372 e. The summed E-state index contributed by atoms with van der Waals surface area (Å²) in [5, 5.41) is 3.09. The Balaban J connectivity index is 2.59. The maximum absolute atomic E-state index is 11.9. The molecule has 0 amide bonds. The molecule has 8 heteroatoms. The lowest BCUT2D eigenvalue weighted by Gasteiger charge is -2.11. The Morgan fingerprint density at radius 1 is 1.32 bits per heavy atom. The van der Waals surface area contributed by atoms with Gasteiger partial charge in [0.05, 0.1) is 15.9 Å². The molecule has 0 bridgehead atoms. The number of nitrogens with one attached hydrogen (secondary N) is 1. The number of aryl methyl sites for hydroxylation is 1. The van der Waals surface area contributed by atoms with Crippen LogP contribution in [0, 0.1) is 10.5 Å². The van der Waals surface area contributed by atoms with Crippen molar-refractivity contribution in [1.29, 1.82) is 0 Å². The second kappa shape index (κ2) is 7.22. The quantitative estimate of drug-likeness (QED) is 0.601. The number of aromatic nitrogens is 2. The SMILES string of the molecule is CCNc1nc(CCOCC(F)(F)F)nc(C)c1I. The molecule has 4 nitrogen and oxygen atoms in total. The Morgan fingerprint density at radius 2 is 2.00 bits per heavy atom. The monoisotopic (exact) mass is 389 g/mol. The van der Waals surface area contributed by atoms with Crippen LogP contribution in [0.2, 0.25) is 0 Å². The molecule has 0 saturated heterocycles. The summed E-state index contributed by atoms with van der Waals surface area (Å²) in [4.78, 5) is 8.50. The fraction of sp³-hybridized carbons (Fsp3) is 0.636. The van der Waals surface area contributed by atoms with Crippen molar-refractivity contribution in [2.45, 2.75) is 26.4 Å². The van der Waals surface area contributed by atoms with Gasteiger partial charge in [-0.1, -0.05) is 0 Å². The molecule has 0 unspecified atom stereocenters. The first kappa shape index (κ1) is 16.4. The van der Waals surface area contributed by atoms with Gasteiger partial charge in [-0.2, -0.15) is 13.2 Å². The molecule has 0 aliphatic rings. The fourth-order valence-electron chi connectivity index (χ4n) is 1.36. The number of rotatable bonds is 6. The number of hydrogen-bond acceptors (Lipinski definition) is 4. The molecule has 0 atom stereocenters. The van der Waals surface area contributed by atoms with E-state index in [0.29, 0.717) is 11.6 Å². The Kier molecular flexibility index (Phi) is 6.24. The zero-order chi connectivity index (χ0) is 14.5. The number of halogens is 4. The van der Waals surface area contributed by atoms with Gasteiger partial charge in [0.15, 0.2) is 0 Å². The van der Waals surface area contributed by atoms with Gasteiger partial charge in [0.1, 0.15) is 18.2 Å². The maximum atomic E-state index is 11.9. The minimum atomic E-state index is -4.29. The Bertz CT molecular complexity index is 426. The van der Waals surface area contributed by atoms with Gasteiger partial charge in [0.25, 0.3) is 0 Å². The predicted molar refractivity (Wildman–Crippen MR) is 74.2 cm³/mol. The van der Waals surface area contributed by atoms with Crippen LogP contribution in [0.4, 0.5) is 19.0 Å².